The van der Waals surface area contributed by atoms with Gasteiger partial charge >= 0.3 is 5.97 Å². The molecule has 0 aliphatic heterocycles. The Bertz CT molecular complexity index is 261. The van der Waals surface area contributed by atoms with Crippen molar-refractivity contribution in [2.75, 3.05) is 6.54 Å². The monoisotopic (exact) mass is 200 g/mol. The Balaban J connectivity index is 2.36. The number of aliphatic carboxylic acids is 1. The Morgan fingerprint density at radius 1 is 1.77 bits per heavy atom. The molecule has 72 valence electrons. The average molecular weight is 200 g/mol. The van der Waals surface area contributed by atoms with E-state index >= 15 is 0 Å². The van der Waals surface area contributed by atoms with Crippen molar-refractivity contribution in [3.05, 3.63) is 22.4 Å². The highest BCUT2D eigenvalue weighted by Crippen LogP contribution is 2.07. The van der Waals surface area contributed by atoms with Crippen LogP contribution in [-0.4, -0.2) is 23.7 Å². The number of hydrogen-bond acceptors (Lipinski definition) is 4. The summed E-state index contributed by atoms with van der Waals surface area (Å²) in [7, 11) is 0. The molecule has 0 saturated carbocycles. The van der Waals surface area contributed by atoms with Gasteiger partial charge in [0, 0.05) is 18.0 Å². The summed E-state index contributed by atoms with van der Waals surface area (Å²) >= 11 is 1.59. The average Bonchev–Trinajstić information content (AvgIpc) is 2.57. The Morgan fingerprint density at radius 3 is 3.00 bits per heavy atom. The Labute approximate surface area is 80.4 Å². The molecule has 0 amide bonds. The van der Waals surface area contributed by atoms with E-state index in [9.17, 15) is 4.79 Å². The van der Waals surface area contributed by atoms with E-state index in [0.29, 0.717) is 6.54 Å². The highest BCUT2D eigenvalue weighted by molar-refractivity contribution is 7.09. The van der Waals surface area contributed by atoms with Gasteiger partial charge < -0.3 is 10.8 Å². The molecule has 0 fully saturated rings. The minimum Gasteiger partial charge on any atom is -0.480 e. The van der Waals surface area contributed by atoms with Gasteiger partial charge in [0.15, 0.2) is 0 Å². The van der Waals surface area contributed by atoms with Crippen molar-refractivity contribution < 1.29 is 9.90 Å². The molecule has 4 nitrogen and oxygen atoms in total. The molecule has 1 heterocycles. The van der Waals surface area contributed by atoms with Crippen LogP contribution >= 0.6 is 11.3 Å². The fraction of sp³-hybridized carbons (Fsp3) is 0.375. The molecule has 4 N–H and O–H groups in total. The van der Waals surface area contributed by atoms with E-state index < -0.39 is 12.0 Å². The Hall–Kier alpha value is -0.910. The second kappa shape index (κ2) is 4.96. The van der Waals surface area contributed by atoms with E-state index in [1.165, 1.54) is 0 Å². The lowest BCUT2D eigenvalue weighted by Gasteiger charge is -2.10. The molecule has 1 atom stereocenters. The predicted octanol–water partition coefficient (Wildman–Crippen LogP) is 0.250. The smallest absolute Gasteiger partial charge is 0.322 e. The molecular formula is C8H12N2O2S. The third-order valence-electron chi connectivity index (χ3n) is 1.64. The van der Waals surface area contributed by atoms with Gasteiger partial charge in [-0.05, 0) is 11.4 Å². The number of carboxylic acid groups (broad SMARTS) is 1. The quantitative estimate of drug-likeness (QED) is 0.637. The van der Waals surface area contributed by atoms with Gasteiger partial charge in [0.25, 0.3) is 0 Å². The number of carbonyl (C=O) groups is 1. The normalized spacial score (nSPS) is 12.7. The van der Waals surface area contributed by atoms with Crippen LogP contribution in [0.15, 0.2) is 17.5 Å². The standard InChI is InChI=1S/C8H12N2O2S/c9-4-7(8(11)12)10-5-6-2-1-3-13-6/h1-3,7,10H,4-5,9H2,(H,11,12). The number of carboxylic acids is 1. The van der Waals surface area contributed by atoms with Gasteiger partial charge in [-0.25, -0.2) is 0 Å². The fourth-order valence-electron chi connectivity index (χ4n) is 0.908. The lowest BCUT2D eigenvalue weighted by atomic mass is 10.3. The third-order valence-corrected chi connectivity index (χ3v) is 2.51. The molecule has 13 heavy (non-hydrogen) atoms. The van der Waals surface area contributed by atoms with Crippen molar-refractivity contribution in [3.63, 3.8) is 0 Å². The predicted molar refractivity (Wildman–Crippen MR) is 51.6 cm³/mol. The number of nitrogens with one attached hydrogen (secondary N) is 1. The summed E-state index contributed by atoms with van der Waals surface area (Å²) in [6, 6.07) is 3.23. The summed E-state index contributed by atoms with van der Waals surface area (Å²) in [6.07, 6.45) is 0. The highest BCUT2D eigenvalue weighted by Gasteiger charge is 2.13. The van der Waals surface area contributed by atoms with Crippen LogP contribution in [0.1, 0.15) is 4.88 Å². The second-order valence-corrected chi connectivity index (χ2v) is 3.62. The number of thiophene rings is 1. The van der Waals surface area contributed by atoms with Crippen molar-refractivity contribution in [2.24, 2.45) is 5.73 Å². The molecule has 0 radical (unpaired) electrons. The minimum atomic E-state index is -0.904. The van der Waals surface area contributed by atoms with Crippen LogP contribution in [0.4, 0.5) is 0 Å². The van der Waals surface area contributed by atoms with Crippen molar-refractivity contribution in [2.45, 2.75) is 12.6 Å². The van der Waals surface area contributed by atoms with Crippen LogP contribution in [0.2, 0.25) is 0 Å². The number of rotatable bonds is 5. The summed E-state index contributed by atoms with van der Waals surface area (Å²) in [5, 5.41) is 13.5. The maximum absolute atomic E-state index is 10.6. The zero-order chi connectivity index (χ0) is 9.68. The van der Waals surface area contributed by atoms with Crippen LogP contribution in [0.5, 0.6) is 0 Å². The molecule has 0 aromatic carbocycles. The first-order chi connectivity index (χ1) is 6.24. The molecule has 5 heteroatoms. The molecule has 0 bridgehead atoms. The van der Waals surface area contributed by atoms with E-state index in [-0.39, 0.29) is 6.54 Å². The van der Waals surface area contributed by atoms with Crippen LogP contribution in [0.3, 0.4) is 0 Å². The molecule has 1 rings (SSSR count). The van der Waals surface area contributed by atoms with E-state index in [4.69, 9.17) is 10.8 Å². The summed E-state index contributed by atoms with van der Waals surface area (Å²) in [6.45, 7) is 0.673. The molecular weight excluding hydrogens is 188 g/mol. The van der Waals surface area contributed by atoms with E-state index in [0.717, 1.165) is 4.88 Å². The van der Waals surface area contributed by atoms with Crippen LogP contribution in [0.25, 0.3) is 0 Å². The zero-order valence-corrected chi connectivity index (χ0v) is 7.88. The van der Waals surface area contributed by atoms with Crippen molar-refractivity contribution in [1.29, 1.82) is 0 Å². The molecule has 0 aliphatic carbocycles. The molecule has 0 spiro atoms. The van der Waals surface area contributed by atoms with Crippen LogP contribution in [-0.2, 0) is 11.3 Å². The van der Waals surface area contributed by atoms with Gasteiger partial charge in [0.05, 0.1) is 0 Å². The van der Waals surface area contributed by atoms with E-state index in [1.807, 2.05) is 17.5 Å². The van der Waals surface area contributed by atoms with Crippen molar-refractivity contribution in [3.8, 4) is 0 Å². The van der Waals surface area contributed by atoms with E-state index in [1.54, 1.807) is 11.3 Å². The maximum Gasteiger partial charge on any atom is 0.322 e. The lowest BCUT2D eigenvalue weighted by molar-refractivity contribution is -0.139. The minimum absolute atomic E-state index is 0.112. The van der Waals surface area contributed by atoms with Gasteiger partial charge in [-0.15, -0.1) is 11.3 Å². The summed E-state index contributed by atoms with van der Waals surface area (Å²) in [5.74, 6) is -0.904. The van der Waals surface area contributed by atoms with Crippen LogP contribution < -0.4 is 11.1 Å². The van der Waals surface area contributed by atoms with Crippen LogP contribution in [0, 0.1) is 0 Å². The first-order valence-electron chi connectivity index (χ1n) is 3.92. The Morgan fingerprint density at radius 2 is 2.54 bits per heavy atom. The maximum atomic E-state index is 10.6. The SMILES string of the molecule is NCC(NCc1cccs1)C(=O)O. The van der Waals surface area contributed by atoms with Gasteiger partial charge in [0.1, 0.15) is 6.04 Å². The molecule has 1 unspecified atom stereocenters. The largest absolute Gasteiger partial charge is 0.480 e. The molecule has 0 aliphatic rings. The highest BCUT2D eigenvalue weighted by atomic mass is 32.1. The molecule has 1 aromatic heterocycles. The van der Waals surface area contributed by atoms with Gasteiger partial charge in [0.2, 0.25) is 0 Å². The number of hydrogen-bond donors (Lipinski definition) is 3. The first kappa shape index (κ1) is 10.2. The molecule has 0 saturated heterocycles. The molecule has 1 aromatic rings. The van der Waals surface area contributed by atoms with Gasteiger partial charge in [-0.2, -0.15) is 0 Å². The lowest BCUT2D eigenvalue weighted by Crippen LogP contribution is -2.42. The fourth-order valence-corrected chi connectivity index (χ4v) is 1.56. The summed E-state index contributed by atoms with van der Waals surface area (Å²) < 4.78 is 0. The summed E-state index contributed by atoms with van der Waals surface area (Å²) in [5.41, 5.74) is 5.27. The van der Waals surface area contributed by atoms with E-state index in [2.05, 4.69) is 5.32 Å². The van der Waals surface area contributed by atoms with Gasteiger partial charge in [-0.1, -0.05) is 6.07 Å². The second-order valence-electron chi connectivity index (χ2n) is 2.59. The summed E-state index contributed by atoms with van der Waals surface area (Å²) in [4.78, 5) is 11.7. The number of nitrogens with two attached hydrogens (primary N) is 1. The first-order valence-corrected chi connectivity index (χ1v) is 4.80. The topological polar surface area (TPSA) is 75.3 Å². The zero-order valence-electron chi connectivity index (χ0n) is 7.06. The van der Waals surface area contributed by atoms with Crippen molar-refractivity contribution in [1.82, 2.24) is 5.32 Å². The Kier molecular flexibility index (Phi) is 3.88. The van der Waals surface area contributed by atoms with Crippen molar-refractivity contribution >= 4 is 17.3 Å². The third kappa shape index (κ3) is 3.14. The van der Waals surface area contributed by atoms with Gasteiger partial charge in [-0.3, -0.25) is 10.1 Å².